The van der Waals surface area contributed by atoms with E-state index in [-0.39, 0.29) is 0 Å². The van der Waals surface area contributed by atoms with Gasteiger partial charge in [0, 0.05) is 0 Å². The summed E-state index contributed by atoms with van der Waals surface area (Å²) in [6.07, 6.45) is 13.3. The predicted octanol–water partition coefficient (Wildman–Crippen LogP) is 4.15. The molecular formula is C17H20. The van der Waals surface area contributed by atoms with Crippen LogP contribution >= 0.6 is 0 Å². The maximum atomic E-state index is 2.58. The lowest BCUT2D eigenvalue weighted by molar-refractivity contribution is 0.407. The molecule has 0 aromatic heterocycles. The fourth-order valence-electron chi connectivity index (χ4n) is 3.90. The number of aryl methyl sites for hydroxylation is 2. The van der Waals surface area contributed by atoms with Crippen molar-refractivity contribution in [2.24, 2.45) is 17.3 Å². The summed E-state index contributed by atoms with van der Waals surface area (Å²) < 4.78 is 0. The van der Waals surface area contributed by atoms with E-state index in [1.165, 1.54) is 49.7 Å². The molecule has 1 fully saturated rings. The molecule has 0 aliphatic heterocycles. The minimum atomic E-state index is 0.619. The summed E-state index contributed by atoms with van der Waals surface area (Å²) in [5.74, 6) is 1.88. The van der Waals surface area contributed by atoms with Gasteiger partial charge >= 0.3 is 0 Å². The third-order valence-corrected chi connectivity index (χ3v) is 5.27. The highest BCUT2D eigenvalue weighted by molar-refractivity contribution is 5.26. The largest absolute Gasteiger partial charge is 0.0848 e. The minimum Gasteiger partial charge on any atom is -0.0848 e. The van der Waals surface area contributed by atoms with Gasteiger partial charge in [0.15, 0.2) is 0 Å². The molecule has 1 aromatic rings. The van der Waals surface area contributed by atoms with Gasteiger partial charge in [0.2, 0.25) is 0 Å². The zero-order valence-electron chi connectivity index (χ0n) is 10.4. The van der Waals surface area contributed by atoms with Gasteiger partial charge in [-0.25, -0.2) is 0 Å². The molecule has 0 nitrogen and oxygen atoms in total. The molecule has 1 spiro atoms. The zero-order chi connectivity index (χ0) is 11.3. The second kappa shape index (κ2) is 3.48. The SMILES string of the molecule is C1=C[C@]23CCc4ccc(cc4)CCC1C[C@@H]2C3. The van der Waals surface area contributed by atoms with Crippen molar-refractivity contribution in [1.29, 1.82) is 0 Å². The van der Waals surface area contributed by atoms with Crippen LogP contribution in [0, 0.1) is 17.3 Å². The molecule has 1 unspecified atom stereocenters. The number of hydrogen-bond donors (Lipinski definition) is 0. The molecular weight excluding hydrogens is 204 g/mol. The summed E-state index contributed by atoms with van der Waals surface area (Å²) in [6, 6.07) is 9.39. The number of allylic oxidation sites excluding steroid dienone is 2. The van der Waals surface area contributed by atoms with E-state index in [0.717, 1.165) is 11.8 Å². The van der Waals surface area contributed by atoms with Crippen molar-refractivity contribution in [2.45, 2.75) is 38.5 Å². The summed E-state index contributed by atoms with van der Waals surface area (Å²) in [6.45, 7) is 0. The predicted molar refractivity (Wildman–Crippen MR) is 70.9 cm³/mol. The van der Waals surface area contributed by atoms with E-state index in [2.05, 4.69) is 36.4 Å². The summed E-state index contributed by atoms with van der Waals surface area (Å²) >= 11 is 0. The van der Waals surface area contributed by atoms with Crippen LogP contribution in [-0.2, 0) is 12.8 Å². The molecule has 17 heavy (non-hydrogen) atoms. The van der Waals surface area contributed by atoms with Gasteiger partial charge in [-0.05, 0) is 66.9 Å². The first kappa shape index (κ1) is 9.94. The van der Waals surface area contributed by atoms with Crippen molar-refractivity contribution in [3.63, 3.8) is 0 Å². The Kier molecular flexibility index (Phi) is 2.03. The maximum Gasteiger partial charge on any atom is -0.00832 e. The number of rotatable bonds is 0. The molecule has 0 radical (unpaired) electrons. The average molecular weight is 224 g/mol. The Balaban J connectivity index is 1.68. The molecule has 0 heterocycles. The Morgan fingerprint density at radius 2 is 1.76 bits per heavy atom. The Bertz CT molecular complexity index is 453. The van der Waals surface area contributed by atoms with Gasteiger partial charge in [-0.3, -0.25) is 0 Å². The Hall–Kier alpha value is -1.04. The molecule has 0 amide bonds. The lowest BCUT2D eigenvalue weighted by atomic mass is 9.82. The van der Waals surface area contributed by atoms with Crippen molar-refractivity contribution in [1.82, 2.24) is 0 Å². The van der Waals surface area contributed by atoms with Gasteiger partial charge in [0.1, 0.15) is 0 Å². The van der Waals surface area contributed by atoms with Crippen LogP contribution < -0.4 is 0 Å². The van der Waals surface area contributed by atoms with E-state index in [0.29, 0.717) is 5.41 Å². The molecule has 4 bridgehead atoms. The average Bonchev–Trinajstić information content (AvgIpc) is 3.07. The Morgan fingerprint density at radius 3 is 2.53 bits per heavy atom. The molecule has 6 aliphatic carbocycles. The highest BCUT2D eigenvalue weighted by atomic mass is 14.6. The van der Waals surface area contributed by atoms with Crippen molar-refractivity contribution >= 4 is 0 Å². The normalized spacial score (nSPS) is 38.4. The van der Waals surface area contributed by atoms with Crippen molar-refractivity contribution in [2.75, 3.05) is 0 Å². The Morgan fingerprint density at radius 1 is 1.00 bits per heavy atom. The van der Waals surface area contributed by atoms with Gasteiger partial charge in [-0.2, -0.15) is 0 Å². The lowest BCUT2D eigenvalue weighted by Gasteiger charge is -2.23. The van der Waals surface area contributed by atoms with Crippen molar-refractivity contribution in [3.8, 4) is 0 Å². The lowest BCUT2D eigenvalue weighted by Crippen LogP contribution is -2.13. The molecule has 7 rings (SSSR count). The quantitative estimate of drug-likeness (QED) is 0.581. The van der Waals surface area contributed by atoms with E-state index in [1.807, 2.05) is 0 Å². The van der Waals surface area contributed by atoms with E-state index < -0.39 is 0 Å². The van der Waals surface area contributed by atoms with Crippen molar-refractivity contribution < 1.29 is 0 Å². The molecule has 88 valence electrons. The first-order chi connectivity index (χ1) is 8.34. The fourth-order valence-corrected chi connectivity index (χ4v) is 3.90. The van der Waals surface area contributed by atoms with E-state index >= 15 is 0 Å². The van der Waals surface area contributed by atoms with Gasteiger partial charge in [-0.1, -0.05) is 36.4 Å². The summed E-state index contributed by atoms with van der Waals surface area (Å²) in [4.78, 5) is 0. The van der Waals surface area contributed by atoms with Crippen molar-refractivity contribution in [3.05, 3.63) is 47.5 Å². The zero-order valence-corrected chi connectivity index (χ0v) is 10.4. The third-order valence-electron chi connectivity index (χ3n) is 5.27. The molecule has 3 atom stereocenters. The van der Waals surface area contributed by atoms with Crippen LogP contribution in [0.15, 0.2) is 36.4 Å². The third kappa shape index (κ3) is 1.66. The van der Waals surface area contributed by atoms with E-state index in [9.17, 15) is 0 Å². The molecule has 1 saturated carbocycles. The van der Waals surface area contributed by atoms with E-state index in [1.54, 1.807) is 0 Å². The molecule has 6 aliphatic rings. The van der Waals surface area contributed by atoms with Crippen LogP contribution in [0.5, 0.6) is 0 Å². The van der Waals surface area contributed by atoms with Gasteiger partial charge in [0.05, 0.1) is 0 Å². The highest BCUT2D eigenvalue weighted by Gasteiger charge is 2.53. The molecule has 1 aromatic carbocycles. The summed E-state index contributed by atoms with van der Waals surface area (Å²) in [5, 5.41) is 0. The smallest absolute Gasteiger partial charge is 0.00832 e. The molecule has 0 heteroatoms. The monoisotopic (exact) mass is 224 g/mol. The fraction of sp³-hybridized carbons (Fsp3) is 0.529. The van der Waals surface area contributed by atoms with Gasteiger partial charge < -0.3 is 0 Å². The number of hydrogen-bond acceptors (Lipinski definition) is 0. The van der Waals surface area contributed by atoms with E-state index in [4.69, 9.17) is 0 Å². The maximum absolute atomic E-state index is 2.58. The first-order valence-electron chi connectivity index (χ1n) is 7.11. The first-order valence-corrected chi connectivity index (χ1v) is 7.11. The van der Waals surface area contributed by atoms with Crippen LogP contribution in [0.4, 0.5) is 0 Å². The van der Waals surface area contributed by atoms with Gasteiger partial charge in [-0.15, -0.1) is 0 Å². The Labute approximate surface area is 104 Å². The van der Waals surface area contributed by atoms with Crippen LogP contribution in [-0.4, -0.2) is 0 Å². The standard InChI is InChI=1S/C17H20/c1-3-14-4-2-13(1)5-6-15-8-10-17(9-7-14)12-16(17)11-15/h1-4,8,10,15-16H,5-7,9,11-12H2/t15?,16-,17+/m1/s1. The minimum absolute atomic E-state index is 0.619. The van der Waals surface area contributed by atoms with Crippen LogP contribution in [0.2, 0.25) is 0 Å². The summed E-state index contributed by atoms with van der Waals surface area (Å²) in [5.41, 5.74) is 3.68. The summed E-state index contributed by atoms with van der Waals surface area (Å²) in [7, 11) is 0. The van der Waals surface area contributed by atoms with Crippen LogP contribution in [0.1, 0.15) is 36.8 Å². The second-order valence-corrected chi connectivity index (χ2v) is 6.34. The second-order valence-electron chi connectivity index (χ2n) is 6.34. The highest BCUT2D eigenvalue weighted by Crippen LogP contribution is 2.62. The van der Waals surface area contributed by atoms with Gasteiger partial charge in [0.25, 0.3) is 0 Å². The topological polar surface area (TPSA) is 0 Å². The number of benzene rings is 1. The van der Waals surface area contributed by atoms with Crippen LogP contribution in [0.25, 0.3) is 0 Å². The van der Waals surface area contributed by atoms with Crippen LogP contribution in [0.3, 0.4) is 0 Å². The molecule has 0 N–H and O–H groups in total. The molecule has 0 saturated heterocycles.